The molecule has 0 aliphatic carbocycles. The summed E-state index contributed by atoms with van der Waals surface area (Å²) in [6.07, 6.45) is -0.354. The molecule has 0 fully saturated rings. The second-order valence-corrected chi connectivity index (χ2v) is 7.52. The number of hydrogen-bond acceptors (Lipinski definition) is 3. The molecule has 132 valence electrons. The first-order chi connectivity index (χ1) is 11.8. The van der Waals surface area contributed by atoms with E-state index in [0.717, 1.165) is 22.4 Å². The summed E-state index contributed by atoms with van der Waals surface area (Å²) >= 11 is 0. The molecule has 0 radical (unpaired) electrons. The Morgan fingerprint density at radius 3 is 2.56 bits per heavy atom. The van der Waals surface area contributed by atoms with Crippen LogP contribution in [0.25, 0.3) is 0 Å². The molecule has 3 rings (SSSR count). The maximum atomic E-state index is 12.4. The normalized spacial score (nSPS) is 16.1. The Morgan fingerprint density at radius 2 is 1.88 bits per heavy atom. The summed E-state index contributed by atoms with van der Waals surface area (Å²) in [6.45, 7) is 6.96. The molecule has 1 unspecified atom stereocenters. The summed E-state index contributed by atoms with van der Waals surface area (Å²) in [5, 5.41) is 0. The van der Waals surface area contributed by atoms with Crippen molar-refractivity contribution in [1.29, 1.82) is 0 Å². The topological polar surface area (TPSA) is 38.8 Å². The van der Waals surface area contributed by atoms with Gasteiger partial charge in [0.05, 0.1) is 6.42 Å². The van der Waals surface area contributed by atoms with Crippen molar-refractivity contribution in [1.82, 2.24) is 4.90 Å². The highest BCUT2D eigenvalue weighted by molar-refractivity contribution is 5.67. The van der Waals surface area contributed by atoms with E-state index in [4.69, 9.17) is 9.47 Å². The summed E-state index contributed by atoms with van der Waals surface area (Å²) in [4.78, 5) is 13.9. The van der Waals surface area contributed by atoms with Gasteiger partial charge in [0, 0.05) is 19.2 Å². The molecule has 2 aromatic rings. The van der Waals surface area contributed by atoms with Gasteiger partial charge in [-0.25, -0.2) is 4.79 Å². The average molecular weight is 339 g/mol. The zero-order chi connectivity index (χ0) is 18.0. The van der Waals surface area contributed by atoms with Crippen LogP contribution in [0.1, 0.15) is 37.5 Å². The van der Waals surface area contributed by atoms with Crippen LogP contribution in [-0.4, -0.2) is 24.3 Å². The van der Waals surface area contributed by atoms with Gasteiger partial charge in [-0.3, -0.25) is 0 Å². The average Bonchev–Trinajstić information content (AvgIpc) is 2.96. The van der Waals surface area contributed by atoms with E-state index in [1.54, 1.807) is 11.9 Å². The van der Waals surface area contributed by atoms with Gasteiger partial charge in [0.2, 0.25) is 6.29 Å². The Labute approximate surface area is 149 Å². The van der Waals surface area contributed by atoms with Crippen LogP contribution in [0, 0.1) is 0 Å². The quantitative estimate of drug-likeness (QED) is 0.825. The lowest BCUT2D eigenvalue weighted by Crippen LogP contribution is -2.32. The van der Waals surface area contributed by atoms with Gasteiger partial charge < -0.3 is 14.4 Å². The molecule has 4 nitrogen and oxygen atoms in total. The van der Waals surface area contributed by atoms with Gasteiger partial charge in [-0.05, 0) is 16.5 Å². The molecule has 0 aromatic heterocycles. The lowest BCUT2D eigenvalue weighted by Gasteiger charge is -2.23. The van der Waals surface area contributed by atoms with Crippen LogP contribution in [0.2, 0.25) is 0 Å². The van der Waals surface area contributed by atoms with Gasteiger partial charge in [0.15, 0.2) is 0 Å². The lowest BCUT2D eigenvalue weighted by atomic mass is 9.85. The van der Waals surface area contributed by atoms with Crippen molar-refractivity contribution in [2.45, 2.75) is 45.4 Å². The zero-order valence-corrected chi connectivity index (χ0v) is 15.3. The fourth-order valence-corrected chi connectivity index (χ4v) is 3.02. The Balaban J connectivity index is 1.64. The van der Waals surface area contributed by atoms with Gasteiger partial charge in [-0.1, -0.05) is 69.3 Å². The minimum atomic E-state index is -0.566. The third-order valence-corrected chi connectivity index (χ3v) is 4.35. The predicted molar refractivity (Wildman–Crippen MR) is 97.7 cm³/mol. The standard InChI is InChI=1S/C21H25NO3/c1-21(2,3)17-12-8-11-16-13-18(24-19(16)17)25-20(23)22(4)14-15-9-6-5-7-10-15/h5-12,18H,13-14H2,1-4H3. The van der Waals surface area contributed by atoms with Crippen LogP contribution in [-0.2, 0) is 23.1 Å². The molecule has 1 aliphatic rings. The van der Waals surface area contributed by atoms with Crippen molar-refractivity contribution >= 4 is 6.09 Å². The molecule has 0 spiro atoms. The molecule has 1 atom stereocenters. The van der Waals surface area contributed by atoms with Gasteiger partial charge in [-0.15, -0.1) is 0 Å². The summed E-state index contributed by atoms with van der Waals surface area (Å²) in [7, 11) is 1.73. The highest BCUT2D eigenvalue weighted by Crippen LogP contribution is 2.39. The van der Waals surface area contributed by atoms with Crippen molar-refractivity contribution in [3.05, 3.63) is 65.2 Å². The van der Waals surface area contributed by atoms with Crippen molar-refractivity contribution in [2.75, 3.05) is 7.05 Å². The molecule has 2 aromatic carbocycles. The van der Waals surface area contributed by atoms with Crippen LogP contribution >= 0.6 is 0 Å². The summed E-state index contributed by atoms with van der Waals surface area (Å²) in [6, 6.07) is 16.0. The molecule has 0 bridgehead atoms. The summed E-state index contributed by atoms with van der Waals surface area (Å²) < 4.78 is 11.5. The van der Waals surface area contributed by atoms with Crippen molar-refractivity contribution < 1.29 is 14.3 Å². The Bertz CT molecular complexity index is 749. The number of fused-ring (bicyclic) bond motifs is 1. The molecule has 4 heteroatoms. The third-order valence-electron chi connectivity index (χ3n) is 4.35. The Morgan fingerprint density at radius 1 is 1.16 bits per heavy atom. The van der Waals surface area contributed by atoms with Crippen LogP contribution in [0.4, 0.5) is 4.79 Å². The number of carbonyl (C=O) groups is 1. The molecule has 25 heavy (non-hydrogen) atoms. The Kier molecular flexibility index (Phi) is 4.71. The number of carbonyl (C=O) groups excluding carboxylic acids is 1. The fourth-order valence-electron chi connectivity index (χ4n) is 3.02. The van der Waals surface area contributed by atoms with E-state index in [1.807, 2.05) is 42.5 Å². The predicted octanol–water partition coefficient (Wildman–Crippen LogP) is 4.51. The largest absolute Gasteiger partial charge is 0.454 e. The number of hydrogen-bond donors (Lipinski definition) is 0. The smallest absolute Gasteiger partial charge is 0.412 e. The van der Waals surface area contributed by atoms with Crippen molar-refractivity contribution in [2.24, 2.45) is 0 Å². The molecule has 1 aliphatic heterocycles. The first-order valence-electron chi connectivity index (χ1n) is 8.59. The maximum Gasteiger partial charge on any atom is 0.412 e. The molecule has 0 N–H and O–H groups in total. The number of ether oxygens (including phenoxy) is 2. The number of rotatable bonds is 3. The van der Waals surface area contributed by atoms with E-state index in [0.29, 0.717) is 13.0 Å². The van der Waals surface area contributed by atoms with Gasteiger partial charge >= 0.3 is 6.09 Å². The third kappa shape index (κ3) is 3.95. The fraction of sp³-hybridized carbons (Fsp3) is 0.381. The molecule has 1 amide bonds. The van der Waals surface area contributed by atoms with Crippen molar-refractivity contribution in [3.63, 3.8) is 0 Å². The number of benzene rings is 2. The first-order valence-corrected chi connectivity index (χ1v) is 8.59. The molecular formula is C21H25NO3. The van der Waals surface area contributed by atoms with Crippen LogP contribution < -0.4 is 4.74 Å². The highest BCUT2D eigenvalue weighted by atomic mass is 16.7. The van der Waals surface area contributed by atoms with Crippen LogP contribution in [0.15, 0.2) is 48.5 Å². The van der Waals surface area contributed by atoms with E-state index >= 15 is 0 Å². The summed E-state index contributed by atoms with van der Waals surface area (Å²) in [5.41, 5.74) is 3.28. The minimum absolute atomic E-state index is 0.0195. The van der Waals surface area contributed by atoms with Crippen LogP contribution in [0.3, 0.4) is 0 Å². The monoisotopic (exact) mass is 339 g/mol. The van der Waals surface area contributed by atoms with Crippen LogP contribution in [0.5, 0.6) is 5.75 Å². The highest BCUT2D eigenvalue weighted by Gasteiger charge is 2.32. The maximum absolute atomic E-state index is 12.4. The second kappa shape index (κ2) is 6.79. The molecular weight excluding hydrogens is 314 g/mol. The van der Waals surface area contributed by atoms with Gasteiger partial charge in [0.1, 0.15) is 5.75 Å². The number of nitrogens with zero attached hydrogens (tertiary/aromatic N) is 1. The number of amides is 1. The van der Waals surface area contributed by atoms with E-state index in [9.17, 15) is 4.79 Å². The zero-order valence-electron chi connectivity index (χ0n) is 15.3. The van der Waals surface area contributed by atoms with Crippen molar-refractivity contribution in [3.8, 4) is 5.75 Å². The molecule has 0 saturated carbocycles. The van der Waals surface area contributed by atoms with Gasteiger partial charge in [0.25, 0.3) is 0 Å². The molecule has 1 heterocycles. The second-order valence-electron chi connectivity index (χ2n) is 7.52. The van der Waals surface area contributed by atoms with E-state index in [2.05, 4.69) is 26.8 Å². The summed E-state index contributed by atoms with van der Waals surface area (Å²) in [5.74, 6) is 0.860. The minimum Gasteiger partial charge on any atom is -0.454 e. The van der Waals surface area contributed by atoms with E-state index in [1.165, 1.54) is 0 Å². The lowest BCUT2D eigenvalue weighted by molar-refractivity contribution is -0.0310. The number of para-hydroxylation sites is 1. The SMILES string of the molecule is CN(Cc1ccccc1)C(=O)OC1Cc2cccc(C(C)(C)C)c2O1. The first kappa shape index (κ1) is 17.3. The molecule has 0 saturated heterocycles. The van der Waals surface area contributed by atoms with E-state index < -0.39 is 6.29 Å². The van der Waals surface area contributed by atoms with Gasteiger partial charge in [-0.2, -0.15) is 0 Å². The van der Waals surface area contributed by atoms with E-state index in [-0.39, 0.29) is 11.5 Å². The Hall–Kier alpha value is -2.49.